The Bertz CT molecular complexity index is 675. The van der Waals surface area contributed by atoms with Gasteiger partial charge in [0.1, 0.15) is 0 Å². The Morgan fingerprint density at radius 2 is 2.00 bits per heavy atom. The highest BCUT2D eigenvalue weighted by Crippen LogP contribution is 2.49. The zero-order valence-electron chi connectivity index (χ0n) is 12.5. The van der Waals surface area contributed by atoms with Crippen molar-refractivity contribution in [3.63, 3.8) is 0 Å². The second-order valence-electron chi connectivity index (χ2n) is 6.44. The van der Waals surface area contributed by atoms with Crippen molar-refractivity contribution >= 4 is 11.9 Å². The summed E-state index contributed by atoms with van der Waals surface area (Å²) in [6.07, 6.45) is 0.676. The van der Waals surface area contributed by atoms with Crippen LogP contribution in [0.25, 0.3) is 0 Å². The number of benzene rings is 1. The minimum atomic E-state index is -0.871. The van der Waals surface area contributed by atoms with Crippen LogP contribution in [0, 0.1) is 17.6 Å². The van der Waals surface area contributed by atoms with E-state index in [9.17, 15) is 18.4 Å². The van der Waals surface area contributed by atoms with Gasteiger partial charge in [-0.3, -0.25) is 4.79 Å². The molecule has 2 heterocycles. The molecule has 1 aromatic carbocycles. The van der Waals surface area contributed by atoms with Crippen molar-refractivity contribution in [2.24, 2.45) is 5.92 Å². The van der Waals surface area contributed by atoms with Crippen molar-refractivity contribution in [1.82, 2.24) is 15.1 Å². The summed E-state index contributed by atoms with van der Waals surface area (Å²) in [5.74, 6) is -1.85. The fourth-order valence-corrected chi connectivity index (χ4v) is 3.48. The molecular weight excluding hydrogens is 304 g/mol. The summed E-state index contributed by atoms with van der Waals surface area (Å²) in [6, 6.07) is 3.87. The van der Waals surface area contributed by atoms with Crippen LogP contribution in [0.5, 0.6) is 0 Å². The number of nitrogens with one attached hydrogen (secondary N) is 1. The Balaban J connectivity index is 1.33. The number of urea groups is 1. The molecule has 0 spiro atoms. The molecule has 23 heavy (non-hydrogen) atoms. The van der Waals surface area contributed by atoms with Crippen molar-refractivity contribution in [3.8, 4) is 0 Å². The third-order valence-electron chi connectivity index (χ3n) is 4.98. The lowest BCUT2D eigenvalue weighted by atomic mass is 10.0. The molecule has 3 amide bonds. The van der Waals surface area contributed by atoms with E-state index in [-0.39, 0.29) is 29.8 Å². The van der Waals surface area contributed by atoms with E-state index in [1.54, 1.807) is 15.9 Å². The smallest absolute Gasteiger partial charge is 0.317 e. The third kappa shape index (κ3) is 2.44. The third-order valence-corrected chi connectivity index (χ3v) is 4.98. The number of carbonyl (C=O) groups is 2. The molecule has 4 rings (SSSR count). The van der Waals surface area contributed by atoms with Crippen LogP contribution in [-0.2, 0) is 4.79 Å². The molecule has 0 unspecified atom stereocenters. The van der Waals surface area contributed by atoms with Gasteiger partial charge in [0.2, 0.25) is 5.91 Å². The van der Waals surface area contributed by atoms with Gasteiger partial charge in [0.05, 0.1) is 6.04 Å². The van der Waals surface area contributed by atoms with Crippen LogP contribution >= 0.6 is 0 Å². The number of hydrogen-bond donors (Lipinski definition) is 1. The van der Waals surface area contributed by atoms with Crippen molar-refractivity contribution in [2.75, 3.05) is 26.2 Å². The van der Waals surface area contributed by atoms with Crippen LogP contribution < -0.4 is 5.32 Å². The zero-order valence-corrected chi connectivity index (χ0v) is 12.5. The second-order valence-corrected chi connectivity index (χ2v) is 6.44. The first kappa shape index (κ1) is 14.4. The first-order chi connectivity index (χ1) is 11.0. The fraction of sp³-hybridized carbons (Fsp3) is 0.500. The van der Waals surface area contributed by atoms with Gasteiger partial charge in [0.15, 0.2) is 11.6 Å². The maximum absolute atomic E-state index is 13.3. The van der Waals surface area contributed by atoms with Crippen molar-refractivity contribution in [1.29, 1.82) is 0 Å². The van der Waals surface area contributed by atoms with Gasteiger partial charge in [-0.25, -0.2) is 13.6 Å². The lowest BCUT2D eigenvalue weighted by molar-refractivity contribution is -0.139. The highest BCUT2D eigenvalue weighted by molar-refractivity contribution is 5.84. The summed E-state index contributed by atoms with van der Waals surface area (Å²) in [5.41, 5.74) is 0.679. The second kappa shape index (κ2) is 5.18. The quantitative estimate of drug-likeness (QED) is 0.912. The molecule has 1 saturated carbocycles. The Morgan fingerprint density at radius 1 is 1.22 bits per heavy atom. The first-order valence-corrected chi connectivity index (χ1v) is 7.83. The molecule has 1 aliphatic carbocycles. The highest BCUT2D eigenvalue weighted by Gasteiger charge is 2.49. The minimum absolute atomic E-state index is 0.0215. The Hall–Kier alpha value is -2.18. The number of halogens is 2. The van der Waals surface area contributed by atoms with Crippen LogP contribution in [0.3, 0.4) is 0 Å². The summed E-state index contributed by atoms with van der Waals surface area (Å²) in [5, 5.41) is 2.75. The van der Waals surface area contributed by atoms with Crippen LogP contribution in [0.1, 0.15) is 17.9 Å². The van der Waals surface area contributed by atoms with Gasteiger partial charge >= 0.3 is 6.03 Å². The lowest BCUT2D eigenvalue weighted by Gasteiger charge is -2.43. The van der Waals surface area contributed by atoms with E-state index < -0.39 is 11.6 Å². The lowest BCUT2D eigenvalue weighted by Crippen LogP contribution is -2.62. The summed E-state index contributed by atoms with van der Waals surface area (Å²) in [4.78, 5) is 27.5. The van der Waals surface area contributed by atoms with E-state index in [1.165, 1.54) is 6.07 Å². The van der Waals surface area contributed by atoms with Gasteiger partial charge in [-0.2, -0.15) is 0 Å². The summed E-state index contributed by atoms with van der Waals surface area (Å²) in [7, 11) is 0. The van der Waals surface area contributed by atoms with Gasteiger partial charge in [-0.05, 0) is 30.0 Å². The fourth-order valence-electron chi connectivity index (χ4n) is 3.48. The SMILES string of the molecule is O=C([C@H]1C[C@H]1c1ccc(F)c(F)c1)N1CC(N2CCNC2=O)C1. The van der Waals surface area contributed by atoms with E-state index in [4.69, 9.17) is 0 Å². The van der Waals surface area contributed by atoms with Crippen molar-refractivity contribution in [2.45, 2.75) is 18.4 Å². The summed E-state index contributed by atoms with van der Waals surface area (Å²) in [6.45, 7) is 2.47. The topological polar surface area (TPSA) is 52.7 Å². The summed E-state index contributed by atoms with van der Waals surface area (Å²) < 4.78 is 26.2. The molecule has 1 N–H and O–H groups in total. The van der Waals surface area contributed by atoms with Crippen LogP contribution in [-0.4, -0.2) is 54.0 Å². The molecule has 1 aromatic rings. The van der Waals surface area contributed by atoms with Crippen LogP contribution in [0.4, 0.5) is 13.6 Å². The molecule has 0 aromatic heterocycles. The monoisotopic (exact) mass is 321 g/mol. The maximum Gasteiger partial charge on any atom is 0.317 e. The number of carbonyl (C=O) groups excluding carboxylic acids is 2. The largest absolute Gasteiger partial charge is 0.338 e. The molecule has 2 aliphatic heterocycles. The molecule has 2 atom stereocenters. The van der Waals surface area contributed by atoms with E-state index in [1.807, 2.05) is 0 Å². The maximum atomic E-state index is 13.3. The van der Waals surface area contributed by atoms with Crippen molar-refractivity contribution < 1.29 is 18.4 Å². The molecule has 0 radical (unpaired) electrons. The Morgan fingerprint density at radius 3 is 2.65 bits per heavy atom. The van der Waals surface area contributed by atoms with Gasteiger partial charge in [0.25, 0.3) is 0 Å². The normalized spacial score (nSPS) is 27.0. The van der Waals surface area contributed by atoms with Gasteiger partial charge < -0.3 is 15.1 Å². The molecular formula is C16H17F2N3O2. The number of hydrogen-bond acceptors (Lipinski definition) is 2. The van der Waals surface area contributed by atoms with Gasteiger partial charge in [-0.15, -0.1) is 0 Å². The van der Waals surface area contributed by atoms with Crippen molar-refractivity contribution in [3.05, 3.63) is 35.4 Å². The van der Waals surface area contributed by atoms with E-state index in [2.05, 4.69) is 5.32 Å². The zero-order chi connectivity index (χ0) is 16.1. The predicted molar refractivity (Wildman–Crippen MR) is 77.7 cm³/mol. The molecule has 0 bridgehead atoms. The van der Waals surface area contributed by atoms with E-state index in [0.717, 1.165) is 6.07 Å². The predicted octanol–water partition coefficient (Wildman–Crippen LogP) is 1.30. The first-order valence-electron chi connectivity index (χ1n) is 7.83. The minimum Gasteiger partial charge on any atom is -0.338 e. The number of amides is 3. The standard InChI is InChI=1S/C16H17F2N3O2/c17-13-2-1-9(5-14(13)18)11-6-12(11)15(22)20-7-10(8-20)21-4-3-19-16(21)23/h1-2,5,10-12H,3-4,6-8H2,(H,19,23)/t11-,12-/m0/s1. The number of likely N-dealkylation sites (tertiary alicyclic amines) is 1. The molecule has 7 heteroatoms. The average Bonchev–Trinajstić information content (AvgIpc) is 3.18. The molecule has 3 aliphatic rings. The van der Waals surface area contributed by atoms with Gasteiger partial charge in [0, 0.05) is 32.1 Å². The number of nitrogens with zero attached hydrogens (tertiary/aromatic N) is 2. The summed E-state index contributed by atoms with van der Waals surface area (Å²) >= 11 is 0. The Labute approximate surface area is 132 Å². The van der Waals surface area contributed by atoms with Crippen LogP contribution in [0.2, 0.25) is 0 Å². The molecule has 3 fully saturated rings. The Kier molecular flexibility index (Phi) is 3.25. The number of rotatable bonds is 3. The van der Waals surface area contributed by atoms with Gasteiger partial charge in [-0.1, -0.05) is 6.07 Å². The van der Waals surface area contributed by atoms with E-state index in [0.29, 0.717) is 38.2 Å². The average molecular weight is 321 g/mol. The van der Waals surface area contributed by atoms with E-state index >= 15 is 0 Å². The molecule has 5 nitrogen and oxygen atoms in total. The highest BCUT2D eigenvalue weighted by atomic mass is 19.2. The molecule has 122 valence electrons. The molecule has 2 saturated heterocycles. The van der Waals surface area contributed by atoms with Crippen LogP contribution in [0.15, 0.2) is 18.2 Å².